The first-order valence-electron chi connectivity index (χ1n) is 8.87. The molecule has 4 aromatic carbocycles. The van der Waals surface area contributed by atoms with Crippen LogP contribution in [0, 0.1) is 0 Å². The van der Waals surface area contributed by atoms with E-state index in [1.165, 1.54) is 19.7 Å². The van der Waals surface area contributed by atoms with E-state index in [1.54, 1.807) is 0 Å². The molecule has 0 fully saturated rings. The number of furan rings is 1. The zero-order chi connectivity index (χ0) is 18.1. The molecule has 5 aromatic rings. The summed E-state index contributed by atoms with van der Waals surface area (Å²) in [5.41, 5.74) is 4.01. The number of para-hydroxylation sites is 2. The number of anilines is 2. The topological polar surface area (TPSA) is 25.2 Å². The van der Waals surface area contributed by atoms with Gasteiger partial charge in [0, 0.05) is 0 Å². The Bertz CT molecular complexity index is 1210. The van der Waals surface area contributed by atoms with Crippen molar-refractivity contribution in [3.05, 3.63) is 97.1 Å². The van der Waals surface area contributed by atoms with E-state index < -0.39 is 0 Å². The summed E-state index contributed by atoms with van der Waals surface area (Å²) in [6.07, 6.45) is 0. The molecule has 0 aliphatic heterocycles. The molecule has 0 spiro atoms. The summed E-state index contributed by atoms with van der Waals surface area (Å²) < 4.78 is 8.86. The van der Waals surface area contributed by atoms with Crippen molar-refractivity contribution in [2.75, 3.05) is 5.32 Å². The van der Waals surface area contributed by atoms with Crippen molar-refractivity contribution in [3.63, 3.8) is 0 Å². The van der Waals surface area contributed by atoms with Crippen LogP contribution in [0.1, 0.15) is 0 Å². The van der Waals surface area contributed by atoms with Crippen LogP contribution in [-0.2, 0) is 0 Å². The zero-order valence-corrected chi connectivity index (χ0v) is 16.3. The van der Waals surface area contributed by atoms with E-state index in [1.807, 2.05) is 30.3 Å². The Morgan fingerprint density at radius 1 is 0.630 bits per heavy atom. The molecule has 130 valence electrons. The standard InChI is InChI=1S/C24H17NOSe/c1-3-9-17(10-4-1)25-18-15-22-24(20-13-7-8-14-21(20)26-22)23(16-18)27-19-11-5-2-6-12-19/h1-16,25H. The van der Waals surface area contributed by atoms with Crippen LogP contribution in [0.25, 0.3) is 21.9 Å². The average molecular weight is 414 g/mol. The molecular weight excluding hydrogens is 397 g/mol. The molecule has 1 heterocycles. The van der Waals surface area contributed by atoms with Crippen LogP contribution in [-0.4, -0.2) is 15.0 Å². The predicted octanol–water partition coefficient (Wildman–Crippen LogP) is 4.98. The van der Waals surface area contributed by atoms with E-state index in [9.17, 15) is 0 Å². The summed E-state index contributed by atoms with van der Waals surface area (Å²) in [6.45, 7) is 0. The number of nitrogens with one attached hydrogen (secondary N) is 1. The number of hydrogen-bond donors (Lipinski definition) is 1. The van der Waals surface area contributed by atoms with Crippen LogP contribution in [0.3, 0.4) is 0 Å². The Kier molecular flexibility index (Phi) is 4.17. The van der Waals surface area contributed by atoms with Gasteiger partial charge in [0.05, 0.1) is 0 Å². The molecule has 0 unspecified atom stereocenters. The van der Waals surface area contributed by atoms with E-state index in [2.05, 4.69) is 72.0 Å². The minimum atomic E-state index is 0.195. The molecule has 0 bridgehead atoms. The first-order chi connectivity index (χ1) is 13.4. The number of rotatable bonds is 4. The molecular formula is C24H17NOSe. The van der Waals surface area contributed by atoms with Crippen molar-refractivity contribution >= 4 is 57.2 Å². The Morgan fingerprint density at radius 2 is 1.33 bits per heavy atom. The number of fused-ring (bicyclic) bond motifs is 3. The second-order valence-electron chi connectivity index (χ2n) is 6.35. The average Bonchev–Trinajstić information content (AvgIpc) is 3.08. The van der Waals surface area contributed by atoms with Crippen LogP contribution in [0.5, 0.6) is 0 Å². The first kappa shape index (κ1) is 16.2. The number of hydrogen-bond acceptors (Lipinski definition) is 2. The van der Waals surface area contributed by atoms with Crippen molar-refractivity contribution in [3.8, 4) is 0 Å². The fourth-order valence-electron chi connectivity index (χ4n) is 3.27. The molecule has 2 nitrogen and oxygen atoms in total. The fourth-order valence-corrected chi connectivity index (χ4v) is 5.47. The van der Waals surface area contributed by atoms with Gasteiger partial charge >= 0.3 is 164 Å². The molecule has 3 heteroatoms. The van der Waals surface area contributed by atoms with Crippen LogP contribution >= 0.6 is 0 Å². The molecule has 0 atom stereocenters. The van der Waals surface area contributed by atoms with Crippen molar-refractivity contribution in [1.82, 2.24) is 0 Å². The van der Waals surface area contributed by atoms with Gasteiger partial charge in [-0.05, 0) is 0 Å². The summed E-state index contributed by atoms with van der Waals surface area (Å²) in [5, 5.41) is 5.93. The number of benzene rings is 4. The van der Waals surface area contributed by atoms with Crippen LogP contribution in [0.2, 0.25) is 0 Å². The molecule has 0 amide bonds. The quantitative estimate of drug-likeness (QED) is 0.420. The molecule has 0 aliphatic rings. The summed E-state index contributed by atoms with van der Waals surface area (Å²) in [4.78, 5) is 0. The van der Waals surface area contributed by atoms with Crippen molar-refractivity contribution in [2.45, 2.75) is 0 Å². The zero-order valence-electron chi connectivity index (χ0n) is 14.6. The van der Waals surface area contributed by atoms with Gasteiger partial charge in [-0.3, -0.25) is 0 Å². The van der Waals surface area contributed by atoms with Gasteiger partial charge in [0.2, 0.25) is 0 Å². The first-order valence-corrected chi connectivity index (χ1v) is 10.6. The van der Waals surface area contributed by atoms with E-state index in [0.29, 0.717) is 0 Å². The maximum atomic E-state index is 6.18. The Morgan fingerprint density at radius 3 is 2.15 bits per heavy atom. The molecule has 0 aliphatic carbocycles. The second kappa shape index (κ2) is 6.96. The van der Waals surface area contributed by atoms with Gasteiger partial charge in [-0.15, -0.1) is 0 Å². The van der Waals surface area contributed by atoms with E-state index in [4.69, 9.17) is 4.42 Å². The summed E-state index contributed by atoms with van der Waals surface area (Å²) in [5.74, 6) is 0. The van der Waals surface area contributed by atoms with Crippen molar-refractivity contribution < 1.29 is 4.42 Å². The van der Waals surface area contributed by atoms with Crippen molar-refractivity contribution in [1.29, 1.82) is 0 Å². The van der Waals surface area contributed by atoms with Crippen LogP contribution in [0.15, 0.2) is 101 Å². The molecule has 0 saturated heterocycles. The Labute approximate surface area is 164 Å². The maximum absolute atomic E-state index is 6.18. The predicted molar refractivity (Wildman–Crippen MR) is 115 cm³/mol. The normalized spacial score (nSPS) is 11.1. The van der Waals surface area contributed by atoms with Crippen molar-refractivity contribution in [2.24, 2.45) is 0 Å². The Hall–Kier alpha value is -3.00. The molecule has 5 rings (SSSR count). The molecule has 0 radical (unpaired) electrons. The van der Waals surface area contributed by atoms with E-state index in [0.717, 1.165) is 22.5 Å². The van der Waals surface area contributed by atoms with Gasteiger partial charge < -0.3 is 0 Å². The summed E-state index contributed by atoms with van der Waals surface area (Å²) >= 11 is 0.195. The second-order valence-corrected chi connectivity index (χ2v) is 8.69. The van der Waals surface area contributed by atoms with Gasteiger partial charge in [0.25, 0.3) is 0 Å². The van der Waals surface area contributed by atoms with E-state index in [-0.39, 0.29) is 15.0 Å². The molecule has 1 N–H and O–H groups in total. The molecule has 27 heavy (non-hydrogen) atoms. The van der Waals surface area contributed by atoms with Crippen LogP contribution < -0.4 is 14.2 Å². The van der Waals surface area contributed by atoms with Gasteiger partial charge in [-0.25, -0.2) is 0 Å². The van der Waals surface area contributed by atoms with Gasteiger partial charge in [0.15, 0.2) is 0 Å². The summed E-state index contributed by atoms with van der Waals surface area (Å²) in [6, 6.07) is 33.6. The van der Waals surface area contributed by atoms with E-state index >= 15 is 0 Å². The third-order valence-corrected chi connectivity index (χ3v) is 6.68. The van der Waals surface area contributed by atoms with Gasteiger partial charge in [-0.1, -0.05) is 0 Å². The monoisotopic (exact) mass is 415 g/mol. The van der Waals surface area contributed by atoms with Crippen LogP contribution in [0.4, 0.5) is 11.4 Å². The van der Waals surface area contributed by atoms with Gasteiger partial charge in [-0.2, -0.15) is 0 Å². The fraction of sp³-hybridized carbons (Fsp3) is 0. The summed E-state index contributed by atoms with van der Waals surface area (Å²) in [7, 11) is 0. The SMILES string of the molecule is c1ccc(Nc2cc([Se]c3ccccc3)c3c(c2)oc2ccccc23)cc1. The third kappa shape index (κ3) is 3.23. The Balaban J connectivity index is 1.68. The van der Waals surface area contributed by atoms with Gasteiger partial charge in [0.1, 0.15) is 0 Å². The molecule has 0 saturated carbocycles. The third-order valence-electron chi connectivity index (χ3n) is 4.48. The molecule has 1 aromatic heterocycles. The minimum absolute atomic E-state index is 0.195.